The molecule has 0 amide bonds. The van der Waals surface area contributed by atoms with Gasteiger partial charge < -0.3 is 5.32 Å². The van der Waals surface area contributed by atoms with Gasteiger partial charge >= 0.3 is 0 Å². The highest BCUT2D eigenvalue weighted by atomic mass is 35.5. The third-order valence-corrected chi connectivity index (χ3v) is 3.83. The highest BCUT2D eigenvalue weighted by molar-refractivity contribution is 6.31. The summed E-state index contributed by atoms with van der Waals surface area (Å²) in [6.45, 7) is 2.90. The number of nitrogens with one attached hydrogen (secondary N) is 1. The van der Waals surface area contributed by atoms with Crippen LogP contribution in [-0.2, 0) is 12.8 Å². The third-order valence-electron chi connectivity index (χ3n) is 3.48. The Kier molecular flexibility index (Phi) is 6.15. The van der Waals surface area contributed by atoms with Gasteiger partial charge in [-0.25, -0.2) is 4.39 Å². The number of aromatic nitrogens is 1. The third kappa shape index (κ3) is 4.80. The summed E-state index contributed by atoms with van der Waals surface area (Å²) in [5, 5.41) is 3.90. The lowest BCUT2D eigenvalue weighted by atomic mass is 10.00. The zero-order chi connectivity index (χ0) is 15.1. The summed E-state index contributed by atoms with van der Waals surface area (Å²) < 4.78 is 13.9. The zero-order valence-electron chi connectivity index (χ0n) is 12.2. The largest absolute Gasteiger partial charge is 0.314 e. The van der Waals surface area contributed by atoms with Gasteiger partial charge in [-0.15, -0.1) is 0 Å². The molecule has 4 heteroatoms. The first-order chi connectivity index (χ1) is 10.2. The standard InChI is InChI=1S/C17H20ClFN2/c1-2-20-14(10-9-13-6-3-4-11-21-13)12-15-16(18)7-5-8-17(15)19/h3-8,11,14,20H,2,9-10,12H2,1H3. The van der Waals surface area contributed by atoms with E-state index in [1.54, 1.807) is 18.3 Å². The summed E-state index contributed by atoms with van der Waals surface area (Å²) >= 11 is 6.11. The fourth-order valence-corrected chi connectivity index (χ4v) is 2.65. The Morgan fingerprint density at radius 1 is 1.24 bits per heavy atom. The van der Waals surface area contributed by atoms with E-state index in [0.717, 1.165) is 25.1 Å². The maximum absolute atomic E-state index is 13.9. The molecule has 2 nitrogen and oxygen atoms in total. The van der Waals surface area contributed by atoms with Crippen molar-refractivity contribution in [3.8, 4) is 0 Å². The van der Waals surface area contributed by atoms with Crippen LogP contribution in [0.15, 0.2) is 42.6 Å². The molecule has 0 aliphatic carbocycles. The predicted molar refractivity (Wildman–Crippen MR) is 85.1 cm³/mol. The van der Waals surface area contributed by atoms with Gasteiger partial charge in [-0.2, -0.15) is 0 Å². The molecule has 1 aromatic carbocycles. The maximum Gasteiger partial charge on any atom is 0.127 e. The van der Waals surface area contributed by atoms with Crippen LogP contribution in [0.1, 0.15) is 24.6 Å². The fraction of sp³-hybridized carbons (Fsp3) is 0.353. The lowest BCUT2D eigenvalue weighted by molar-refractivity contribution is 0.478. The van der Waals surface area contributed by atoms with Crippen LogP contribution < -0.4 is 5.32 Å². The van der Waals surface area contributed by atoms with Crippen LogP contribution in [0.4, 0.5) is 4.39 Å². The molecular formula is C17H20ClFN2. The molecule has 0 saturated heterocycles. The van der Waals surface area contributed by atoms with Gasteiger partial charge in [0, 0.05) is 28.5 Å². The first kappa shape index (κ1) is 15.9. The normalized spacial score (nSPS) is 12.3. The maximum atomic E-state index is 13.9. The zero-order valence-corrected chi connectivity index (χ0v) is 12.9. The molecule has 0 radical (unpaired) electrons. The molecule has 1 aromatic heterocycles. The van der Waals surface area contributed by atoms with Gasteiger partial charge in [0.2, 0.25) is 0 Å². The number of pyridine rings is 1. The number of hydrogen-bond acceptors (Lipinski definition) is 2. The van der Waals surface area contributed by atoms with E-state index in [2.05, 4.69) is 17.2 Å². The molecule has 21 heavy (non-hydrogen) atoms. The fourth-order valence-electron chi connectivity index (χ4n) is 2.41. The molecule has 1 atom stereocenters. The Morgan fingerprint density at radius 3 is 2.76 bits per heavy atom. The van der Waals surface area contributed by atoms with Crippen LogP contribution in [0.5, 0.6) is 0 Å². The average Bonchev–Trinajstić information content (AvgIpc) is 2.49. The highest BCUT2D eigenvalue weighted by Gasteiger charge is 2.14. The Hall–Kier alpha value is -1.45. The minimum Gasteiger partial charge on any atom is -0.314 e. The molecule has 1 N–H and O–H groups in total. The van der Waals surface area contributed by atoms with Crippen LogP contribution in [0, 0.1) is 5.82 Å². The topological polar surface area (TPSA) is 24.9 Å². The van der Waals surface area contributed by atoms with Crippen molar-refractivity contribution in [1.29, 1.82) is 0 Å². The van der Waals surface area contributed by atoms with Crippen molar-refractivity contribution in [2.24, 2.45) is 0 Å². The average molecular weight is 307 g/mol. The van der Waals surface area contributed by atoms with E-state index >= 15 is 0 Å². The molecule has 1 heterocycles. The summed E-state index contributed by atoms with van der Waals surface area (Å²) in [7, 11) is 0. The quantitative estimate of drug-likeness (QED) is 0.835. The molecule has 0 saturated carbocycles. The van der Waals surface area contributed by atoms with Crippen molar-refractivity contribution in [1.82, 2.24) is 10.3 Å². The van der Waals surface area contributed by atoms with Crippen LogP contribution in [-0.4, -0.2) is 17.6 Å². The molecule has 0 aliphatic rings. The second kappa shape index (κ2) is 8.11. The molecule has 0 fully saturated rings. The number of aryl methyl sites for hydroxylation is 1. The van der Waals surface area contributed by atoms with Gasteiger partial charge in [0.1, 0.15) is 5.82 Å². The molecule has 112 valence electrons. The smallest absolute Gasteiger partial charge is 0.127 e. The number of hydrogen-bond donors (Lipinski definition) is 1. The highest BCUT2D eigenvalue weighted by Crippen LogP contribution is 2.21. The Bertz CT molecular complexity index is 540. The van der Waals surface area contributed by atoms with Gasteiger partial charge in [0.15, 0.2) is 0 Å². The first-order valence-corrected chi connectivity index (χ1v) is 7.64. The van der Waals surface area contributed by atoms with Gasteiger partial charge in [0.05, 0.1) is 0 Å². The number of benzene rings is 1. The van der Waals surface area contributed by atoms with Crippen molar-refractivity contribution in [2.75, 3.05) is 6.54 Å². The molecule has 0 bridgehead atoms. The van der Waals surface area contributed by atoms with Gasteiger partial charge in [-0.1, -0.05) is 30.7 Å². The van der Waals surface area contributed by atoms with Crippen molar-refractivity contribution < 1.29 is 4.39 Å². The minimum atomic E-state index is -0.233. The summed E-state index contributed by atoms with van der Waals surface area (Å²) in [6, 6.07) is 10.9. The van der Waals surface area contributed by atoms with Crippen molar-refractivity contribution in [3.05, 3.63) is 64.7 Å². The molecule has 0 aliphatic heterocycles. The van der Waals surface area contributed by atoms with Crippen molar-refractivity contribution in [2.45, 2.75) is 32.2 Å². The Balaban J connectivity index is 2.02. The van der Waals surface area contributed by atoms with Crippen molar-refractivity contribution >= 4 is 11.6 Å². The number of nitrogens with zero attached hydrogens (tertiary/aromatic N) is 1. The van der Waals surface area contributed by atoms with E-state index in [9.17, 15) is 4.39 Å². The number of likely N-dealkylation sites (N-methyl/N-ethyl adjacent to an activating group) is 1. The van der Waals surface area contributed by atoms with Gasteiger partial charge in [-0.3, -0.25) is 4.98 Å². The van der Waals surface area contributed by atoms with E-state index in [0.29, 0.717) is 17.0 Å². The lowest BCUT2D eigenvalue weighted by Gasteiger charge is -2.19. The van der Waals surface area contributed by atoms with Crippen LogP contribution >= 0.6 is 11.6 Å². The van der Waals surface area contributed by atoms with Crippen LogP contribution in [0.25, 0.3) is 0 Å². The summed E-state index contributed by atoms with van der Waals surface area (Å²) in [5.41, 5.74) is 1.64. The Labute approximate surface area is 130 Å². The molecular weight excluding hydrogens is 287 g/mol. The molecule has 2 rings (SSSR count). The van der Waals surface area contributed by atoms with Crippen LogP contribution in [0.2, 0.25) is 5.02 Å². The van der Waals surface area contributed by atoms with Crippen molar-refractivity contribution in [3.63, 3.8) is 0 Å². The van der Waals surface area contributed by atoms with E-state index < -0.39 is 0 Å². The SMILES string of the molecule is CCNC(CCc1ccccn1)Cc1c(F)cccc1Cl. The molecule has 1 unspecified atom stereocenters. The predicted octanol–water partition coefficient (Wildman–Crippen LogP) is 4.03. The molecule has 2 aromatic rings. The summed E-state index contributed by atoms with van der Waals surface area (Å²) in [4.78, 5) is 4.33. The van der Waals surface area contributed by atoms with E-state index in [1.807, 2.05) is 18.2 Å². The van der Waals surface area contributed by atoms with Gasteiger partial charge in [0.25, 0.3) is 0 Å². The Morgan fingerprint density at radius 2 is 2.10 bits per heavy atom. The van der Waals surface area contributed by atoms with E-state index in [1.165, 1.54) is 6.07 Å². The monoisotopic (exact) mass is 306 g/mol. The second-order valence-corrected chi connectivity index (χ2v) is 5.43. The number of rotatable bonds is 7. The lowest BCUT2D eigenvalue weighted by Crippen LogP contribution is -2.32. The first-order valence-electron chi connectivity index (χ1n) is 7.27. The van der Waals surface area contributed by atoms with Crippen LogP contribution in [0.3, 0.4) is 0 Å². The van der Waals surface area contributed by atoms with E-state index in [-0.39, 0.29) is 11.9 Å². The van der Waals surface area contributed by atoms with Gasteiger partial charge in [-0.05, 0) is 50.1 Å². The summed E-state index contributed by atoms with van der Waals surface area (Å²) in [6.07, 6.45) is 4.15. The summed E-state index contributed by atoms with van der Waals surface area (Å²) in [5.74, 6) is -0.233. The van der Waals surface area contributed by atoms with E-state index in [4.69, 9.17) is 11.6 Å². The molecule has 0 spiro atoms. The minimum absolute atomic E-state index is 0.186. The second-order valence-electron chi connectivity index (χ2n) is 5.02. The number of halogens is 2.